The fourth-order valence-corrected chi connectivity index (χ4v) is 1.97. The minimum atomic E-state index is -4.80. The fourth-order valence-electron chi connectivity index (χ4n) is 1.97. The van der Waals surface area contributed by atoms with Gasteiger partial charge in [0.05, 0.1) is 5.69 Å². The van der Waals surface area contributed by atoms with Crippen LogP contribution in [-0.2, 0) is 0 Å². The molecule has 0 bridgehead atoms. The van der Waals surface area contributed by atoms with Gasteiger partial charge in [-0.05, 0) is 24.3 Å². The van der Waals surface area contributed by atoms with Crippen LogP contribution in [0.5, 0.6) is 5.75 Å². The van der Waals surface area contributed by atoms with Gasteiger partial charge in [0, 0.05) is 17.8 Å². The summed E-state index contributed by atoms with van der Waals surface area (Å²) in [4.78, 5) is 3.91. The van der Waals surface area contributed by atoms with Crippen molar-refractivity contribution in [3.63, 3.8) is 0 Å². The Morgan fingerprint density at radius 2 is 1.80 bits per heavy atom. The van der Waals surface area contributed by atoms with Crippen molar-refractivity contribution in [3.8, 4) is 11.4 Å². The van der Waals surface area contributed by atoms with E-state index in [1.807, 2.05) is 0 Å². The first kappa shape index (κ1) is 16.7. The molecule has 0 saturated carbocycles. The van der Waals surface area contributed by atoms with E-state index >= 15 is 0 Å². The summed E-state index contributed by atoms with van der Waals surface area (Å²) in [6, 6.07) is 8.28. The molecule has 0 radical (unpaired) electrons. The lowest BCUT2D eigenvalue weighted by molar-refractivity contribution is -0.274. The van der Waals surface area contributed by atoms with E-state index in [-0.39, 0.29) is 17.3 Å². The third kappa shape index (κ3) is 4.22. The van der Waals surface area contributed by atoms with E-state index in [1.165, 1.54) is 29.2 Å². The average Bonchev–Trinajstić information content (AvgIpc) is 2.97. The molecule has 0 amide bonds. The number of ether oxygens (including phenoxy) is 1. The number of hydrogen-bond donors (Lipinski definition) is 1. The van der Waals surface area contributed by atoms with Gasteiger partial charge < -0.3 is 10.1 Å². The van der Waals surface area contributed by atoms with Gasteiger partial charge in [0.25, 0.3) is 0 Å². The topological polar surface area (TPSA) is 52.0 Å². The van der Waals surface area contributed by atoms with Crippen LogP contribution in [0.1, 0.15) is 0 Å². The van der Waals surface area contributed by atoms with E-state index in [0.29, 0.717) is 0 Å². The molecule has 1 aromatic heterocycles. The predicted molar refractivity (Wildman–Crippen MR) is 77.7 cm³/mol. The normalized spacial score (nSPS) is 11.4. The SMILES string of the molecule is Fc1ccc(-n2cnc(Nc3cccc(OC(F)(F)F)c3)n2)cc1F. The van der Waals surface area contributed by atoms with Crippen LogP contribution in [0.3, 0.4) is 0 Å². The molecule has 1 heterocycles. The standard InChI is InChI=1S/C15H9F5N4O/c16-12-5-4-10(7-13(12)17)24-8-21-14(23-24)22-9-2-1-3-11(6-9)25-15(18,19)20/h1-8H,(H,22,23). The molecule has 25 heavy (non-hydrogen) atoms. The molecule has 0 aliphatic heterocycles. The summed E-state index contributed by atoms with van der Waals surface area (Å²) in [5, 5.41) is 6.68. The van der Waals surface area contributed by atoms with Crippen LogP contribution in [-0.4, -0.2) is 21.1 Å². The van der Waals surface area contributed by atoms with Gasteiger partial charge in [-0.25, -0.2) is 13.5 Å². The van der Waals surface area contributed by atoms with Crippen LogP contribution >= 0.6 is 0 Å². The molecule has 0 atom stereocenters. The van der Waals surface area contributed by atoms with E-state index in [0.717, 1.165) is 24.3 Å². The second kappa shape index (κ2) is 6.38. The molecule has 0 aliphatic rings. The maximum absolute atomic E-state index is 13.2. The van der Waals surface area contributed by atoms with Gasteiger partial charge in [-0.2, -0.15) is 4.98 Å². The zero-order valence-electron chi connectivity index (χ0n) is 12.3. The second-order valence-electron chi connectivity index (χ2n) is 4.81. The Kier molecular flexibility index (Phi) is 4.26. The Balaban J connectivity index is 1.77. The smallest absolute Gasteiger partial charge is 0.406 e. The van der Waals surface area contributed by atoms with Crippen LogP contribution in [0.2, 0.25) is 0 Å². The van der Waals surface area contributed by atoms with Gasteiger partial charge in [-0.1, -0.05) is 6.07 Å². The minimum absolute atomic E-state index is 0.0499. The molecule has 3 aromatic rings. The molecule has 10 heteroatoms. The van der Waals surface area contributed by atoms with Gasteiger partial charge in [0.15, 0.2) is 11.6 Å². The molecule has 0 aliphatic carbocycles. The minimum Gasteiger partial charge on any atom is -0.406 e. The van der Waals surface area contributed by atoms with Crippen molar-refractivity contribution in [2.24, 2.45) is 0 Å². The van der Waals surface area contributed by atoms with Crippen LogP contribution in [0.25, 0.3) is 5.69 Å². The lowest BCUT2D eigenvalue weighted by atomic mass is 10.3. The van der Waals surface area contributed by atoms with Crippen LogP contribution in [0.15, 0.2) is 48.8 Å². The average molecular weight is 356 g/mol. The third-order valence-corrected chi connectivity index (χ3v) is 2.98. The van der Waals surface area contributed by atoms with Crippen molar-refractivity contribution < 1.29 is 26.7 Å². The molecule has 2 aromatic carbocycles. The Morgan fingerprint density at radius 1 is 1.00 bits per heavy atom. The molecule has 0 fully saturated rings. The number of nitrogens with zero attached hydrogens (tertiary/aromatic N) is 3. The summed E-state index contributed by atoms with van der Waals surface area (Å²) >= 11 is 0. The Morgan fingerprint density at radius 3 is 2.52 bits per heavy atom. The van der Waals surface area contributed by atoms with Gasteiger partial charge >= 0.3 is 6.36 Å². The van der Waals surface area contributed by atoms with Gasteiger partial charge in [0.1, 0.15) is 12.1 Å². The van der Waals surface area contributed by atoms with Gasteiger partial charge in [-0.3, -0.25) is 0 Å². The van der Waals surface area contributed by atoms with Crippen LogP contribution in [0.4, 0.5) is 33.6 Å². The lowest BCUT2D eigenvalue weighted by Gasteiger charge is -2.10. The Bertz CT molecular complexity index is 894. The summed E-state index contributed by atoms with van der Waals surface area (Å²) in [6.07, 6.45) is -3.56. The number of nitrogens with one attached hydrogen (secondary N) is 1. The summed E-state index contributed by atoms with van der Waals surface area (Å²) in [5.74, 6) is -2.39. The molecule has 0 unspecified atom stereocenters. The second-order valence-corrected chi connectivity index (χ2v) is 4.81. The van der Waals surface area contributed by atoms with Crippen molar-refractivity contribution in [2.75, 3.05) is 5.32 Å². The number of aromatic nitrogens is 3. The number of benzene rings is 2. The van der Waals surface area contributed by atoms with Crippen molar-refractivity contribution in [1.82, 2.24) is 14.8 Å². The maximum Gasteiger partial charge on any atom is 0.573 e. The molecule has 1 N–H and O–H groups in total. The highest BCUT2D eigenvalue weighted by atomic mass is 19.4. The van der Waals surface area contributed by atoms with Gasteiger partial charge in [0.2, 0.25) is 5.95 Å². The predicted octanol–water partition coefficient (Wildman–Crippen LogP) is 4.19. The molecular formula is C15H9F5N4O. The van der Waals surface area contributed by atoms with Crippen molar-refractivity contribution in [1.29, 1.82) is 0 Å². The number of hydrogen-bond acceptors (Lipinski definition) is 4. The molecule has 0 spiro atoms. The highest BCUT2D eigenvalue weighted by Crippen LogP contribution is 2.26. The molecule has 3 rings (SSSR count). The van der Waals surface area contributed by atoms with Crippen molar-refractivity contribution in [3.05, 3.63) is 60.4 Å². The molecular weight excluding hydrogens is 347 g/mol. The number of halogens is 5. The van der Waals surface area contributed by atoms with Gasteiger partial charge in [-0.15, -0.1) is 18.3 Å². The zero-order valence-corrected chi connectivity index (χ0v) is 12.3. The van der Waals surface area contributed by atoms with E-state index in [9.17, 15) is 22.0 Å². The molecule has 130 valence electrons. The fraction of sp³-hybridized carbons (Fsp3) is 0.0667. The molecule has 0 saturated heterocycles. The van der Waals surface area contributed by atoms with E-state index < -0.39 is 23.7 Å². The summed E-state index contributed by atoms with van der Waals surface area (Å²) in [7, 11) is 0. The monoisotopic (exact) mass is 356 g/mol. The number of anilines is 2. The highest BCUT2D eigenvalue weighted by Gasteiger charge is 2.31. The molecule has 5 nitrogen and oxygen atoms in total. The lowest BCUT2D eigenvalue weighted by Crippen LogP contribution is -2.17. The maximum atomic E-state index is 13.2. The summed E-state index contributed by atoms with van der Waals surface area (Å²) < 4.78 is 67.8. The Labute approximate surface area is 137 Å². The Hall–Kier alpha value is -3.17. The van der Waals surface area contributed by atoms with E-state index in [2.05, 4.69) is 20.1 Å². The van der Waals surface area contributed by atoms with Crippen LogP contribution in [0, 0.1) is 11.6 Å². The van der Waals surface area contributed by atoms with Crippen molar-refractivity contribution in [2.45, 2.75) is 6.36 Å². The number of alkyl halides is 3. The zero-order chi connectivity index (χ0) is 18.0. The summed E-state index contributed by atoms with van der Waals surface area (Å²) in [5.41, 5.74) is 0.485. The van der Waals surface area contributed by atoms with Crippen molar-refractivity contribution >= 4 is 11.6 Å². The first-order chi connectivity index (χ1) is 11.8. The first-order valence-corrected chi connectivity index (χ1v) is 6.80. The summed E-state index contributed by atoms with van der Waals surface area (Å²) in [6.45, 7) is 0. The van der Waals surface area contributed by atoms with E-state index in [4.69, 9.17) is 0 Å². The number of rotatable bonds is 4. The van der Waals surface area contributed by atoms with Crippen LogP contribution < -0.4 is 10.1 Å². The first-order valence-electron chi connectivity index (χ1n) is 6.80. The quantitative estimate of drug-likeness (QED) is 0.713. The highest BCUT2D eigenvalue weighted by molar-refractivity contribution is 5.55. The largest absolute Gasteiger partial charge is 0.573 e. The third-order valence-electron chi connectivity index (χ3n) is 2.98. The van der Waals surface area contributed by atoms with E-state index in [1.54, 1.807) is 0 Å².